The highest BCUT2D eigenvalue weighted by atomic mass is 32.2. The molecule has 2 rings (SSSR count). The zero-order chi connectivity index (χ0) is 19.3. The molecular formula is C17H25N3O5S. The summed E-state index contributed by atoms with van der Waals surface area (Å²) in [4.78, 5) is 23.8. The molecule has 8 nitrogen and oxygen atoms in total. The highest BCUT2D eigenvalue weighted by Gasteiger charge is 2.28. The molecule has 0 radical (unpaired) electrons. The van der Waals surface area contributed by atoms with Crippen LogP contribution in [0.25, 0.3) is 0 Å². The van der Waals surface area contributed by atoms with Gasteiger partial charge in [-0.3, -0.25) is 13.9 Å². The Hall–Kier alpha value is -2.29. The SMILES string of the molecule is COc1ccc(NC(=O)C(=O)NCC(C)C)cc1N1CCCCS1(=O)=O. The molecule has 1 aromatic carbocycles. The van der Waals surface area contributed by atoms with Crippen LogP contribution in [0.3, 0.4) is 0 Å². The first kappa shape index (κ1) is 20.0. The number of hydrogen-bond donors (Lipinski definition) is 2. The number of amides is 2. The quantitative estimate of drug-likeness (QED) is 0.747. The molecule has 144 valence electrons. The molecule has 0 aliphatic carbocycles. The van der Waals surface area contributed by atoms with Crippen molar-refractivity contribution in [2.45, 2.75) is 26.7 Å². The smallest absolute Gasteiger partial charge is 0.313 e. The molecule has 1 fully saturated rings. The molecule has 26 heavy (non-hydrogen) atoms. The summed E-state index contributed by atoms with van der Waals surface area (Å²) in [6.07, 6.45) is 1.37. The zero-order valence-electron chi connectivity index (χ0n) is 15.2. The van der Waals surface area contributed by atoms with E-state index in [1.165, 1.54) is 17.5 Å². The average molecular weight is 383 g/mol. The molecule has 1 aliphatic heterocycles. The van der Waals surface area contributed by atoms with Gasteiger partial charge in [0.05, 0.1) is 18.6 Å². The van der Waals surface area contributed by atoms with E-state index in [0.717, 1.165) is 6.42 Å². The molecule has 2 amide bonds. The number of rotatable bonds is 5. The van der Waals surface area contributed by atoms with Crippen molar-refractivity contribution in [2.24, 2.45) is 5.92 Å². The van der Waals surface area contributed by atoms with Crippen LogP contribution >= 0.6 is 0 Å². The van der Waals surface area contributed by atoms with Crippen molar-refractivity contribution in [1.82, 2.24) is 5.32 Å². The molecule has 0 aromatic heterocycles. The second-order valence-electron chi connectivity index (χ2n) is 6.54. The van der Waals surface area contributed by atoms with Gasteiger partial charge in [-0.25, -0.2) is 8.42 Å². The van der Waals surface area contributed by atoms with Crippen LogP contribution in [-0.2, 0) is 19.6 Å². The number of methoxy groups -OCH3 is 1. The zero-order valence-corrected chi connectivity index (χ0v) is 16.1. The minimum absolute atomic E-state index is 0.0738. The monoisotopic (exact) mass is 383 g/mol. The summed E-state index contributed by atoms with van der Waals surface area (Å²) in [6.45, 7) is 4.59. The maximum absolute atomic E-state index is 12.4. The minimum atomic E-state index is -3.43. The van der Waals surface area contributed by atoms with Crippen molar-refractivity contribution in [3.63, 3.8) is 0 Å². The average Bonchev–Trinajstić information content (AvgIpc) is 2.59. The topological polar surface area (TPSA) is 105 Å². The summed E-state index contributed by atoms with van der Waals surface area (Å²) in [5, 5.41) is 5.03. The molecule has 1 saturated heterocycles. The summed E-state index contributed by atoms with van der Waals surface area (Å²) in [5.74, 6) is -0.851. The first-order valence-corrected chi connectivity index (χ1v) is 10.1. The van der Waals surface area contributed by atoms with Gasteiger partial charge in [0.1, 0.15) is 5.75 Å². The molecule has 0 unspecified atom stereocenters. The highest BCUT2D eigenvalue weighted by Crippen LogP contribution is 2.35. The number of benzene rings is 1. The van der Waals surface area contributed by atoms with Crippen LogP contribution in [0.1, 0.15) is 26.7 Å². The first-order valence-electron chi connectivity index (χ1n) is 8.52. The van der Waals surface area contributed by atoms with E-state index < -0.39 is 21.8 Å². The van der Waals surface area contributed by atoms with Gasteiger partial charge >= 0.3 is 11.8 Å². The summed E-state index contributed by atoms with van der Waals surface area (Å²) in [5.41, 5.74) is 0.679. The van der Waals surface area contributed by atoms with Gasteiger partial charge in [-0.2, -0.15) is 0 Å². The van der Waals surface area contributed by atoms with Gasteiger partial charge in [-0.15, -0.1) is 0 Å². The molecule has 0 atom stereocenters. The van der Waals surface area contributed by atoms with E-state index >= 15 is 0 Å². The second kappa shape index (κ2) is 8.39. The van der Waals surface area contributed by atoms with Crippen molar-refractivity contribution in [1.29, 1.82) is 0 Å². The van der Waals surface area contributed by atoms with Crippen molar-refractivity contribution >= 4 is 33.2 Å². The lowest BCUT2D eigenvalue weighted by Crippen LogP contribution is -2.38. The van der Waals surface area contributed by atoms with Gasteiger partial charge in [0.2, 0.25) is 10.0 Å². The van der Waals surface area contributed by atoms with E-state index in [1.54, 1.807) is 12.1 Å². The Morgan fingerprint density at radius 3 is 2.58 bits per heavy atom. The normalized spacial score (nSPS) is 16.2. The highest BCUT2D eigenvalue weighted by molar-refractivity contribution is 7.92. The molecule has 1 heterocycles. The van der Waals surface area contributed by atoms with Crippen LogP contribution in [-0.4, -0.2) is 46.2 Å². The molecule has 0 saturated carbocycles. The number of anilines is 2. The first-order chi connectivity index (χ1) is 12.2. The Balaban J connectivity index is 2.21. The molecule has 1 aliphatic rings. The standard InChI is InChI=1S/C17H25N3O5S/c1-12(2)11-18-16(21)17(22)19-13-6-7-15(25-3)14(10-13)20-8-4-5-9-26(20,23)24/h6-7,10,12H,4-5,8-9,11H2,1-3H3,(H,18,21)(H,19,22). The van der Waals surface area contributed by atoms with Gasteiger partial charge in [0.15, 0.2) is 0 Å². The number of carbonyl (C=O) groups is 2. The van der Waals surface area contributed by atoms with Crippen LogP contribution in [0, 0.1) is 5.92 Å². The number of sulfonamides is 1. The Labute approximate surface area is 153 Å². The van der Waals surface area contributed by atoms with Gasteiger partial charge in [0, 0.05) is 18.8 Å². The van der Waals surface area contributed by atoms with Gasteiger partial charge < -0.3 is 15.4 Å². The molecular weight excluding hydrogens is 358 g/mol. The third kappa shape index (κ3) is 4.87. The van der Waals surface area contributed by atoms with Crippen LogP contribution < -0.4 is 19.7 Å². The van der Waals surface area contributed by atoms with E-state index in [9.17, 15) is 18.0 Å². The van der Waals surface area contributed by atoms with E-state index in [4.69, 9.17) is 4.74 Å². The number of hydrogen-bond acceptors (Lipinski definition) is 5. The predicted molar refractivity (Wildman–Crippen MR) is 99.8 cm³/mol. The van der Waals surface area contributed by atoms with Crippen LogP contribution in [0.4, 0.5) is 11.4 Å². The Morgan fingerprint density at radius 1 is 1.23 bits per heavy atom. The molecule has 1 aromatic rings. The summed E-state index contributed by atoms with van der Waals surface area (Å²) in [6, 6.07) is 4.64. The number of ether oxygens (including phenoxy) is 1. The van der Waals surface area contributed by atoms with Crippen LogP contribution in [0.15, 0.2) is 18.2 Å². The van der Waals surface area contributed by atoms with E-state index in [1.807, 2.05) is 13.8 Å². The predicted octanol–water partition coefficient (Wildman–Crippen LogP) is 1.34. The lowest BCUT2D eigenvalue weighted by molar-refractivity contribution is -0.136. The molecule has 2 N–H and O–H groups in total. The Kier molecular flexibility index (Phi) is 6.47. The summed E-state index contributed by atoms with van der Waals surface area (Å²) in [7, 11) is -1.98. The third-order valence-electron chi connectivity index (χ3n) is 3.93. The fourth-order valence-electron chi connectivity index (χ4n) is 2.59. The lowest BCUT2D eigenvalue weighted by atomic mass is 10.2. The summed E-state index contributed by atoms with van der Waals surface area (Å²) >= 11 is 0. The van der Waals surface area contributed by atoms with Gasteiger partial charge in [0.25, 0.3) is 0 Å². The largest absolute Gasteiger partial charge is 0.495 e. The van der Waals surface area contributed by atoms with E-state index in [2.05, 4.69) is 10.6 Å². The van der Waals surface area contributed by atoms with E-state index in [0.29, 0.717) is 36.6 Å². The lowest BCUT2D eigenvalue weighted by Gasteiger charge is -2.29. The molecule has 9 heteroatoms. The number of nitrogens with one attached hydrogen (secondary N) is 2. The third-order valence-corrected chi connectivity index (χ3v) is 5.79. The van der Waals surface area contributed by atoms with Crippen LogP contribution in [0.2, 0.25) is 0 Å². The maximum Gasteiger partial charge on any atom is 0.313 e. The van der Waals surface area contributed by atoms with Crippen molar-refractivity contribution in [3.8, 4) is 5.75 Å². The van der Waals surface area contributed by atoms with Gasteiger partial charge in [-0.1, -0.05) is 13.8 Å². The molecule has 0 bridgehead atoms. The Bertz CT molecular complexity index is 777. The van der Waals surface area contributed by atoms with Gasteiger partial charge in [-0.05, 0) is 37.0 Å². The second-order valence-corrected chi connectivity index (χ2v) is 8.55. The van der Waals surface area contributed by atoms with Crippen molar-refractivity contribution in [2.75, 3.05) is 35.6 Å². The Morgan fingerprint density at radius 2 is 1.96 bits per heavy atom. The fourth-order valence-corrected chi connectivity index (χ4v) is 4.23. The van der Waals surface area contributed by atoms with Crippen molar-refractivity contribution in [3.05, 3.63) is 18.2 Å². The fraction of sp³-hybridized carbons (Fsp3) is 0.529. The van der Waals surface area contributed by atoms with Crippen LogP contribution in [0.5, 0.6) is 5.75 Å². The van der Waals surface area contributed by atoms with Crippen molar-refractivity contribution < 1.29 is 22.7 Å². The summed E-state index contributed by atoms with van der Waals surface area (Å²) < 4.78 is 31.3. The van der Waals surface area contributed by atoms with E-state index in [-0.39, 0.29) is 11.7 Å². The molecule has 0 spiro atoms. The minimum Gasteiger partial charge on any atom is -0.495 e. The maximum atomic E-state index is 12.4. The number of carbonyl (C=O) groups excluding carboxylic acids is 2. The number of nitrogens with zero attached hydrogens (tertiary/aromatic N) is 1.